The van der Waals surface area contributed by atoms with Crippen LogP contribution in [0.3, 0.4) is 0 Å². The Labute approximate surface area is 194 Å². The van der Waals surface area contributed by atoms with Gasteiger partial charge in [0.1, 0.15) is 5.75 Å². The second-order valence-electron chi connectivity index (χ2n) is 8.33. The third-order valence-corrected chi connectivity index (χ3v) is 6.29. The Morgan fingerprint density at radius 2 is 1.58 bits per heavy atom. The molecule has 5 heteroatoms. The van der Waals surface area contributed by atoms with E-state index in [1.54, 1.807) is 7.11 Å². The fraction of sp³-hybridized carbons (Fsp3) is 0.286. The van der Waals surface area contributed by atoms with E-state index in [1.165, 1.54) is 12.7 Å². The van der Waals surface area contributed by atoms with E-state index in [-0.39, 0.29) is 30.3 Å². The lowest BCUT2D eigenvalue weighted by molar-refractivity contribution is -0.139. The Hall–Kier alpha value is -3.60. The number of β-lactam (4-membered cyclic amide) rings is 1. The summed E-state index contributed by atoms with van der Waals surface area (Å²) in [5.41, 5.74) is 4.13. The zero-order valence-corrected chi connectivity index (χ0v) is 19.1. The molecule has 33 heavy (non-hydrogen) atoms. The molecule has 0 spiro atoms. The summed E-state index contributed by atoms with van der Waals surface area (Å²) in [6.07, 6.45) is 2.98. The lowest BCUT2D eigenvalue weighted by atomic mass is 9.78. The number of nitrogens with zero attached hydrogens (tertiary/aromatic N) is 1. The number of methoxy groups -OCH3 is 2. The highest BCUT2D eigenvalue weighted by Gasteiger charge is 2.48. The number of carbonyl (C=O) groups is 2. The minimum absolute atomic E-state index is 0.0335. The maximum Gasteiger partial charge on any atom is 0.309 e. The molecule has 3 aromatic carbocycles. The van der Waals surface area contributed by atoms with Crippen molar-refractivity contribution in [2.75, 3.05) is 19.1 Å². The highest BCUT2D eigenvalue weighted by atomic mass is 16.5. The third-order valence-electron chi connectivity index (χ3n) is 6.29. The topological polar surface area (TPSA) is 55.8 Å². The molecule has 3 aromatic rings. The molecule has 0 bridgehead atoms. The zero-order chi connectivity index (χ0) is 23.2. The van der Waals surface area contributed by atoms with Crippen molar-refractivity contribution in [2.45, 2.75) is 31.7 Å². The van der Waals surface area contributed by atoms with Crippen LogP contribution < -0.4 is 9.64 Å². The molecule has 1 amide bonds. The molecular weight excluding hydrogens is 414 g/mol. The van der Waals surface area contributed by atoms with Crippen molar-refractivity contribution in [3.63, 3.8) is 0 Å². The smallest absolute Gasteiger partial charge is 0.309 e. The van der Waals surface area contributed by atoms with E-state index >= 15 is 0 Å². The van der Waals surface area contributed by atoms with Gasteiger partial charge in [0.15, 0.2) is 0 Å². The van der Waals surface area contributed by atoms with Crippen molar-refractivity contribution in [3.05, 3.63) is 95.6 Å². The number of esters is 1. The normalized spacial score (nSPS) is 17.4. The first-order chi connectivity index (χ1) is 16.1. The van der Waals surface area contributed by atoms with Gasteiger partial charge in [-0.2, -0.15) is 0 Å². The molecule has 5 nitrogen and oxygen atoms in total. The van der Waals surface area contributed by atoms with Crippen molar-refractivity contribution in [3.8, 4) is 5.75 Å². The highest BCUT2D eigenvalue weighted by Crippen LogP contribution is 2.46. The van der Waals surface area contributed by atoms with Crippen LogP contribution in [0, 0.1) is 5.92 Å². The number of rotatable bonds is 9. The summed E-state index contributed by atoms with van der Waals surface area (Å²) in [5.74, 6) is 0.578. The fourth-order valence-corrected chi connectivity index (χ4v) is 4.48. The number of aryl methyl sites for hydroxylation is 1. The largest absolute Gasteiger partial charge is 0.497 e. The van der Waals surface area contributed by atoms with Crippen molar-refractivity contribution < 1.29 is 19.1 Å². The first kappa shape index (κ1) is 22.6. The van der Waals surface area contributed by atoms with E-state index in [1.807, 2.05) is 71.6 Å². The number of benzene rings is 3. The molecule has 1 heterocycles. The summed E-state index contributed by atoms with van der Waals surface area (Å²) in [6, 6.07) is 25.9. The van der Waals surface area contributed by atoms with Gasteiger partial charge in [-0.05, 0) is 60.2 Å². The maximum absolute atomic E-state index is 13.2. The van der Waals surface area contributed by atoms with Gasteiger partial charge in [0.05, 0.1) is 32.6 Å². The molecule has 0 aromatic heterocycles. The molecule has 0 saturated carbocycles. The van der Waals surface area contributed by atoms with Crippen LogP contribution >= 0.6 is 0 Å². The van der Waals surface area contributed by atoms with Gasteiger partial charge in [-0.25, -0.2) is 0 Å². The first-order valence-corrected chi connectivity index (χ1v) is 11.3. The summed E-state index contributed by atoms with van der Waals surface area (Å²) in [7, 11) is 3.02. The molecule has 0 radical (unpaired) electrons. The van der Waals surface area contributed by atoms with Crippen LogP contribution in [-0.2, 0) is 27.2 Å². The van der Waals surface area contributed by atoms with Gasteiger partial charge >= 0.3 is 5.97 Å². The van der Waals surface area contributed by atoms with E-state index in [0.717, 1.165) is 41.8 Å². The Morgan fingerprint density at radius 1 is 0.879 bits per heavy atom. The van der Waals surface area contributed by atoms with Gasteiger partial charge in [-0.15, -0.1) is 0 Å². The Kier molecular flexibility index (Phi) is 7.08. The molecule has 0 N–H and O–H groups in total. The number of hydrogen-bond acceptors (Lipinski definition) is 4. The predicted octanol–water partition coefficient (Wildman–Crippen LogP) is 5.14. The molecular formula is C28H29NO4. The average molecular weight is 444 g/mol. The number of carbonyl (C=O) groups excluding carboxylic acids is 2. The number of anilines is 1. The van der Waals surface area contributed by atoms with Gasteiger partial charge in [-0.3, -0.25) is 9.59 Å². The number of hydrogen-bond donors (Lipinski definition) is 0. The number of amides is 1. The molecule has 1 aliphatic heterocycles. The SMILES string of the molecule is COC(=O)Cc1ccc([C@@H]2[C@@H](CCCc3ccccc3)C(=O)N2c2ccc(OC)cc2)cc1. The lowest BCUT2D eigenvalue weighted by Crippen LogP contribution is -2.55. The molecule has 0 aliphatic carbocycles. The molecule has 1 fully saturated rings. The Bertz CT molecular complexity index is 1080. The van der Waals surface area contributed by atoms with Crippen LogP contribution in [-0.4, -0.2) is 26.1 Å². The van der Waals surface area contributed by atoms with Gasteiger partial charge < -0.3 is 14.4 Å². The van der Waals surface area contributed by atoms with Crippen molar-refractivity contribution in [2.24, 2.45) is 5.92 Å². The van der Waals surface area contributed by atoms with Crippen molar-refractivity contribution >= 4 is 17.6 Å². The van der Waals surface area contributed by atoms with Crippen LogP contribution in [0.1, 0.15) is 35.6 Å². The van der Waals surface area contributed by atoms with E-state index in [4.69, 9.17) is 9.47 Å². The van der Waals surface area contributed by atoms with Crippen molar-refractivity contribution in [1.29, 1.82) is 0 Å². The first-order valence-electron chi connectivity index (χ1n) is 11.3. The second-order valence-corrected chi connectivity index (χ2v) is 8.33. The Balaban J connectivity index is 1.53. The standard InChI is InChI=1S/C28H29NO4/c1-32-24-17-15-23(16-18-24)29-27(22-13-11-21(12-14-22)19-26(30)33-2)25(28(29)31)10-6-9-20-7-4-3-5-8-20/h3-5,7-8,11-18,25,27H,6,9-10,19H2,1-2H3/t25-,27-/m1/s1. The molecule has 2 atom stereocenters. The maximum atomic E-state index is 13.2. The summed E-state index contributed by atoms with van der Waals surface area (Å²) < 4.78 is 10.0. The van der Waals surface area contributed by atoms with Crippen LogP contribution in [0.25, 0.3) is 0 Å². The summed E-state index contributed by atoms with van der Waals surface area (Å²) in [6.45, 7) is 0. The van der Waals surface area contributed by atoms with Gasteiger partial charge in [0.2, 0.25) is 5.91 Å². The average Bonchev–Trinajstić information content (AvgIpc) is 2.86. The summed E-state index contributed by atoms with van der Waals surface area (Å²) in [4.78, 5) is 26.7. The third kappa shape index (κ3) is 5.08. The van der Waals surface area contributed by atoms with E-state index in [0.29, 0.717) is 0 Å². The van der Waals surface area contributed by atoms with Crippen LogP contribution in [0.5, 0.6) is 5.75 Å². The fourth-order valence-electron chi connectivity index (χ4n) is 4.48. The second kappa shape index (κ2) is 10.3. The van der Waals surface area contributed by atoms with Gasteiger partial charge in [0, 0.05) is 5.69 Å². The minimum Gasteiger partial charge on any atom is -0.497 e. The highest BCUT2D eigenvalue weighted by molar-refractivity contribution is 6.03. The summed E-state index contributed by atoms with van der Waals surface area (Å²) >= 11 is 0. The monoisotopic (exact) mass is 443 g/mol. The molecule has 1 saturated heterocycles. The van der Waals surface area contributed by atoms with E-state index in [2.05, 4.69) is 12.1 Å². The molecule has 4 rings (SSSR count). The van der Waals surface area contributed by atoms with Crippen LogP contribution in [0.2, 0.25) is 0 Å². The quantitative estimate of drug-likeness (QED) is 0.340. The van der Waals surface area contributed by atoms with Crippen molar-refractivity contribution in [1.82, 2.24) is 0 Å². The number of ether oxygens (including phenoxy) is 2. The molecule has 170 valence electrons. The minimum atomic E-state index is -0.264. The van der Waals surface area contributed by atoms with Gasteiger partial charge in [0.25, 0.3) is 0 Å². The lowest BCUT2D eigenvalue weighted by Gasteiger charge is -2.48. The van der Waals surface area contributed by atoms with Crippen LogP contribution in [0.4, 0.5) is 5.69 Å². The van der Waals surface area contributed by atoms with Gasteiger partial charge in [-0.1, -0.05) is 54.6 Å². The molecule has 1 aliphatic rings. The predicted molar refractivity (Wildman–Crippen MR) is 128 cm³/mol. The molecule has 0 unspecified atom stereocenters. The van der Waals surface area contributed by atoms with E-state index in [9.17, 15) is 9.59 Å². The van der Waals surface area contributed by atoms with Crippen LogP contribution in [0.15, 0.2) is 78.9 Å². The summed E-state index contributed by atoms with van der Waals surface area (Å²) in [5, 5.41) is 0. The van der Waals surface area contributed by atoms with E-state index < -0.39 is 0 Å². The zero-order valence-electron chi connectivity index (χ0n) is 19.1. The Morgan fingerprint density at radius 3 is 2.21 bits per heavy atom.